The molecule has 1 saturated heterocycles. The van der Waals surface area contributed by atoms with Gasteiger partial charge in [0, 0.05) is 30.0 Å². The first kappa shape index (κ1) is 20.7. The molecule has 30 heavy (non-hydrogen) atoms. The van der Waals surface area contributed by atoms with Gasteiger partial charge in [-0.15, -0.1) is 0 Å². The predicted octanol–water partition coefficient (Wildman–Crippen LogP) is 3.42. The number of nitrogens with zero attached hydrogens (tertiary/aromatic N) is 2. The third-order valence-corrected chi connectivity index (χ3v) is 5.96. The SMILES string of the molecule is N#Cc1cc2c(OCC(O)CN3CCC(O)(c4ccc(Cl)cc4)CC3)cccc2[nH]1. The third kappa shape index (κ3) is 4.45. The van der Waals surface area contributed by atoms with E-state index in [0.29, 0.717) is 48.9 Å². The van der Waals surface area contributed by atoms with E-state index in [2.05, 4.69) is 16.0 Å². The van der Waals surface area contributed by atoms with Crippen molar-refractivity contribution in [2.24, 2.45) is 0 Å². The lowest BCUT2D eigenvalue weighted by Crippen LogP contribution is -2.46. The number of H-pyrrole nitrogens is 1. The van der Waals surface area contributed by atoms with Gasteiger partial charge in [-0.3, -0.25) is 0 Å². The van der Waals surface area contributed by atoms with Gasteiger partial charge in [0.05, 0.1) is 11.1 Å². The zero-order valence-corrected chi connectivity index (χ0v) is 17.3. The van der Waals surface area contributed by atoms with Gasteiger partial charge in [-0.2, -0.15) is 5.26 Å². The summed E-state index contributed by atoms with van der Waals surface area (Å²) in [5, 5.41) is 32.0. The van der Waals surface area contributed by atoms with Crippen LogP contribution >= 0.6 is 11.6 Å². The number of hydrogen-bond acceptors (Lipinski definition) is 5. The van der Waals surface area contributed by atoms with Gasteiger partial charge in [-0.1, -0.05) is 29.8 Å². The number of benzene rings is 2. The number of aromatic nitrogens is 1. The Balaban J connectivity index is 1.30. The second kappa shape index (κ2) is 8.66. The predicted molar refractivity (Wildman–Crippen MR) is 116 cm³/mol. The summed E-state index contributed by atoms with van der Waals surface area (Å²) in [5.41, 5.74) is 1.33. The normalized spacial score (nSPS) is 17.5. The maximum Gasteiger partial charge on any atom is 0.128 e. The fourth-order valence-electron chi connectivity index (χ4n) is 4.00. The molecule has 0 radical (unpaired) electrons. The monoisotopic (exact) mass is 425 g/mol. The summed E-state index contributed by atoms with van der Waals surface area (Å²) in [4.78, 5) is 5.16. The minimum atomic E-state index is -0.856. The topological polar surface area (TPSA) is 92.5 Å². The summed E-state index contributed by atoms with van der Waals surface area (Å²) >= 11 is 5.95. The third-order valence-electron chi connectivity index (χ3n) is 5.71. The van der Waals surface area contributed by atoms with Crippen LogP contribution < -0.4 is 4.74 Å². The largest absolute Gasteiger partial charge is 0.490 e. The Hall–Kier alpha value is -2.56. The number of fused-ring (bicyclic) bond motifs is 1. The molecule has 1 atom stereocenters. The number of hydrogen-bond donors (Lipinski definition) is 3. The molecule has 4 rings (SSSR count). The Morgan fingerprint density at radius 2 is 1.93 bits per heavy atom. The molecule has 1 aromatic heterocycles. The zero-order valence-electron chi connectivity index (χ0n) is 16.5. The molecule has 1 unspecified atom stereocenters. The van der Waals surface area contributed by atoms with E-state index in [1.807, 2.05) is 30.3 Å². The molecule has 0 spiro atoms. The summed E-state index contributed by atoms with van der Waals surface area (Å²) in [5.74, 6) is 0.639. The summed E-state index contributed by atoms with van der Waals surface area (Å²) < 4.78 is 5.83. The average Bonchev–Trinajstić information content (AvgIpc) is 3.18. The molecule has 0 bridgehead atoms. The van der Waals surface area contributed by atoms with Gasteiger partial charge in [0.25, 0.3) is 0 Å². The van der Waals surface area contributed by atoms with E-state index >= 15 is 0 Å². The minimum Gasteiger partial charge on any atom is -0.490 e. The highest BCUT2D eigenvalue weighted by Crippen LogP contribution is 2.33. The van der Waals surface area contributed by atoms with Crippen LogP contribution in [0.15, 0.2) is 48.5 Å². The first-order valence-electron chi connectivity index (χ1n) is 10.0. The van der Waals surface area contributed by atoms with E-state index in [-0.39, 0.29) is 6.61 Å². The van der Waals surface area contributed by atoms with E-state index in [1.165, 1.54) is 0 Å². The number of aromatic amines is 1. The number of β-amino-alcohol motifs (C(OH)–C–C–N with tert-alkyl or cyclic N) is 1. The van der Waals surface area contributed by atoms with Crippen molar-refractivity contribution >= 4 is 22.5 Å². The smallest absolute Gasteiger partial charge is 0.128 e. The Morgan fingerprint density at radius 1 is 1.20 bits per heavy atom. The average molecular weight is 426 g/mol. The minimum absolute atomic E-state index is 0.157. The number of ether oxygens (including phenoxy) is 1. The van der Waals surface area contributed by atoms with Crippen LogP contribution in [0.25, 0.3) is 10.9 Å². The van der Waals surface area contributed by atoms with Gasteiger partial charge in [0.1, 0.15) is 30.2 Å². The summed E-state index contributed by atoms with van der Waals surface area (Å²) in [6.07, 6.45) is 0.542. The van der Waals surface area contributed by atoms with E-state index in [4.69, 9.17) is 21.6 Å². The van der Waals surface area contributed by atoms with Crippen molar-refractivity contribution in [3.05, 3.63) is 64.8 Å². The molecule has 6 nitrogen and oxygen atoms in total. The van der Waals surface area contributed by atoms with Crippen molar-refractivity contribution in [3.8, 4) is 11.8 Å². The van der Waals surface area contributed by atoms with Crippen LogP contribution in [-0.4, -0.2) is 52.4 Å². The lowest BCUT2D eigenvalue weighted by atomic mass is 9.84. The molecule has 3 aromatic rings. The number of rotatable bonds is 6. The fraction of sp³-hybridized carbons (Fsp3) is 0.348. The standard InChI is InChI=1S/C23H24ClN3O3/c24-17-6-4-16(5-7-17)23(29)8-10-27(11-9-23)14-19(28)15-30-22-3-1-2-21-20(22)12-18(13-25)26-21/h1-7,12,19,26,28-29H,8-11,14-15H2. The molecule has 2 heterocycles. The molecule has 3 N–H and O–H groups in total. The number of piperidine rings is 1. The lowest BCUT2D eigenvalue weighted by Gasteiger charge is -2.39. The van der Waals surface area contributed by atoms with Gasteiger partial charge in [0.2, 0.25) is 0 Å². The van der Waals surface area contributed by atoms with Crippen LogP contribution in [0.2, 0.25) is 5.02 Å². The molecular formula is C23H24ClN3O3. The summed E-state index contributed by atoms with van der Waals surface area (Å²) in [6, 6.07) is 16.8. The van der Waals surface area contributed by atoms with E-state index < -0.39 is 11.7 Å². The van der Waals surface area contributed by atoms with Gasteiger partial charge >= 0.3 is 0 Å². The quantitative estimate of drug-likeness (QED) is 0.562. The van der Waals surface area contributed by atoms with Gasteiger partial charge in [-0.05, 0) is 48.7 Å². The van der Waals surface area contributed by atoms with Crippen LogP contribution in [0.1, 0.15) is 24.1 Å². The number of aliphatic hydroxyl groups excluding tert-OH is 1. The van der Waals surface area contributed by atoms with Gasteiger partial charge in [0.15, 0.2) is 0 Å². The maximum atomic E-state index is 11.0. The van der Waals surface area contributed by atoms with Crippen LogP contribution in [0.5, 0.6) is 5.75 Å². The molecule has 1 fully saturated rings. The fourth-order valence-corrected chi connectivity index (χ4v) is 4.13. The Morgan fingerprint density at radius 3 is 2.63 bits per heavy atom. The number of nitrogens with one attached hydrogen (secondary N) is 1. The second-order valence-corrected chi connectivity index (χ2v) is 8.25. The highest BCUT2D eigenvalue weighted by atomic mass is 35.5. The van der Waals surface area contributed by atoms with Crippen LogP contribution in [-0.2, 0) is 5.60 Å². The Kier molecular flexibility index (Phi) is 5.98. The number of nitriles is 1. The Labute approximate surface area is 180 Å². The van der Waals surface area contributed by atoms with Crippen LogP contribution in [0.4, 0.5) is 0 Å². The van der Waals surface area contributed by atoms with Crippen LogP contribution in [0.3, 0.4) is 0 Å². The molecule has 1 aliphatic rings. The van der Waals surface area contributed by atoms with Crippen molar-refractivity contribution in [2.75, 3.05) is 26.2 Å². The number of likely N-dealkylation sites (tertiary alicyclic amines) is 1. The van der Waals surface area contributed by atoms with Crippen molar-refractivity contribution < 1.29 is 14.9 Å². The van der Waals surface area contributed by atoms with Gasteiger partial charge in [-0.25, -0.2) is 0 Å². The molecule has 7 heteroatoms. The van der Waals surface area contributed by atoms with E-state index in [9.17, 15) is 10.2 Å². The number of halogens is 1. The first-order valence-corrected chi connectivity index (χ1v) is 10.4. The highest BCUT2D eigenvalue weighted by Gasteiger charge is 2.34. The van der Waals surface area contributed by atoms with Gasteiger partial charge < -0.3 is 24.8 Å². The molecule has 1 aliphatic heterocycles. The van der Waals surface area contributed by atoms with Crippen molar-refractivity contribution in [2.45, 2.75) is 24.5 Å². The molecule has 0 aliphatic carbocycles. The molecule has 0 amide bonds. The van der Waals surface area contributed by atoms with E-state index in [0.717, 1.165) is 16.5 Å². The summed E-state index contributed by atoms with van der Waals surface area (Å²) in [7, 11) is 0. The maximum absolute atomic E-state index is 11.0. The van der Waals surface area contributed by atoms with Crippen molar-refractivity contribution in [1.29, 1.82) is 5.26 Å². The molecular weight excluding hydrogens is 402 g/mol. The zero-order chi connectivity index (χ0) is 21.1. The number of aliphatic hydroxyl groups is 2. The van der Waals surface area contributed by atoms with E-state index in [1.54, 1.807) is 18.2 Å². The molecule has 156 valence electrons. The van der Waals surface area contributed by atoms with Crippen molar-refractivity contribution in [3.63, 3.8) is 0 Å². The lowest BCUT2D eigenvalue weighted by molar-refractivity contribution is -0.0372. The molecule has 0 saturated carbocycles. The Bertz CT molecular complexity index is 1050. The van der Waals surface area contributed by atoms with Crippen molar-refractivity contribution in [1.82, 2.24) is 9.88 Å². The highest BCUT2D eigenvalue weighted by molar-refractivity contribution is 6.30. The van der Waals surface area contributed by atoms with Crippen LogP contribution in [0, 0.1) is 11.3 Å². The second-order valence-electron chi connectivity index (χ2n) is 7.82. The molecule has 2 aromatic carbocycles. The first-order chi connectivity index (χ1) is 14.5. The summed E-state index contributed by atoms with van der Waals surface area (Å²) in [6.45, 7) is 2.01.